The van der Waals surface area contributed by atoms with Gasteiger partial charge in [-0.1, -0.05) is 24.3 Å². The van der Waals surface area contributed by atoms with Crippen molar-refractivity contribution < 1.29 is 9.47 Å². The highest BCUT2D eigenvalue weighted by Gasteiger charge is 2.22. The Kier molecular flexibility index (Phi) is 4.73. The van der Waals surface area contributed by atoms with Gasteiger partial charge >= 0.3 is 0 Å². The van der Waals surface area contributed by atoms with Crippen LogP contribution in [0, 0.1) is 0 Å². The Morgan fingerprint density at radius 3 is 2.66 bits per heavy atom. The molecule has 0 atom stereocenters. The van der Waals surface area contributed by atoms with Gasteiger partial charge in [0.2, 0.25) is 12.7 Å². The summed E-state index contributed by atoms with van der Waals surface area (Å²) in [6.07, 6.45) is 1.66. The van der Waals surface area contributed by atoms with Crippen LogP contribution in [0.2, 0.25) is 0 Å². The fraction of sp³-hybridized carbons (Fsp3) is 0.261. The maximum absolute atomic E-state index is 5.51. The van der Waals surface area contributed by atoms with Crippen molar-refractivity contribution in [3.05, 3.63) is 60.4 Å². The van der Waals surface area contributed by atoms with Gasteiger partial charge in [0.25, 0.3) is 0 Å². The van der Waals surface area contributed by atoms with Gasteiger partial charge in [-0.15, -0.1) is 0 Å². The minimum absolute atomic E-state index is 0.304. The molecule has 0 unspecified atom stereocenters. The van der Waals surface area contributed by atoms with E-state index in [0.29, 0.717) is 18.4 Å². The lowest BCUT2D eigenvalue weighted by Gasteiger charge is -2.34. The number of piperazine rings is 1. The number of rotatable bonds is 5. The highest BCUT2D eigenvalue weighted by molar-refractivity contribution is 5.86. The largest absolute Gasteiger partial charge is 0.454 e. The zero-order valence-corrected chi connectivity index (χ0v) is 17.5. The van der Waals surface area contributed by atoms with Gasteiger partial charge in [-0.3, -0.25) is 4.90 Å². The van der Waals surface area contributed by atoms with Crippen LogP contribution in [-0.2, 0) is 6.54 Å². The first-order valence-corrected chi connectivity index (χ1v) is 10.7. The van der Waals surface area contributed by atoms with Gasteiger partial charge in [0.15, 0.2) is 23.0 Å². The van der Waals surface area contributed by atoms with Crippen LogP contribution >= 0.6 is 0 Å². The lowest BCUT2D eigenvalue weighted by molar-refractivity contribution is 0.174. The van der Waals surface area contributed by atoms with Crippen LogP contribution in [0.3, 0.4) is 0 Å². The number of ether oxygens (including phenoxy) is 2. The Labute approximate surface area is 185 Å². The van der Waals surface area contributed by atoms with E-state index in [1.54, 1.807) is 6.33 Å². The minimum atomic E-state index is 0.304. The summed E-state index contributed by atoms with van der Waals surface area (Å²) in [5.41, 5.74) is 3.67. The van der Waals surface area contributed by atoms with Crippen molar-refractivity contribution in [2.45, 2.75) is 6.54 Å². The molecule has 162 valence electrons. The fourth-order valence-electron chi connectivity index (χ4n) is 4.12. The van der Waals surface area contributed by atoms with Crippen molar-refractivity contribution >= 4 is 28.6 Å². The molecular weight excluding hydrogens is 406 g/mol. The van der Waals surface area contributed by atoms with Crippen LogP contribution in [0.4, 0.5) is 17.5 Å². The van der Waals surface area contributed by atoms with Gasteiger partial charge < -0.3 is 24.7 Å². The summed E-state index contributed by atoms with van der Waals surface area (Å²) in [4.78, 5) is 21.7. The molecule has 1 fully saturated rings. The Morgan fingerprint density at radius 2 is 1.78 bits per heavy atom. The summed E-state index contributed by atoms with van der Waals surface area (Å²) in [5, 5.41) is 3.39. The number of H-pyrrole nitrogens is 1. The molecule has 9 nitrogen and oxygen atoms in total. The van der Waals surface area contributed by atoms with E-state index >= 15 is 0 Å². The highest BCUT2D eigenvalue weighted by atomic mass is 16.7. The summed E-state index contributed by atoms with van der Waals surface area (Å²) in [7, 11) is 0. The number of benzene rings is 2. The normalized spacial score (nSPS) is 15.9. The molecule has 0 aliphatic carbocycles. The van der Waals surface area contributed by atoms with Crippen molar-refractivity contribution in [3.63, 3.8) is 0 Å². The summed E-state index contributed by atoms with van der Waals surface area (Å²) in [6.45, 7) is 4.75. The van der Waals surface area contributed by atoms with Crippen LogP contribution in [0.15, 0.2) is 54.9 Å². The summed E-state index contributed by atoms with van der Waals surface area (Å²) in [6, 6.07) is 16.2. The molecule has 2 aliphatic heterocycles. The van der Waals surface area contributed by atoms with E-state index in [1.807, 2.05) is 36.4 Å². The number of nitrogens with zero attached hydrogens (tertiary/aromatic N) is 5. The van der Waals surface area contributed by atoms with Crippen LogP contribution in [-0.4, -0.2) is 57.8 Å². The first-order valence-electron chi connectivity index (χ1n) is 10.7. The molecule has 0 amide bonds. The number of nitrogens with one attached hydrogen (secondary N) is 2. The Hall–Kier alpha value is -3.85. The standard InChI is InChI=1S/C23H23N7O2/c1-2-4-17(5-3-1)26-22-20-21(25-14-24-20)27-23(28-22)30-10-8-29(9-11-30)13-16-6-7-18-19(12-16)32-15-31-18/h1-7,12,14H,8-11,13,15H2,(H2,24,25,26,27,28). The molecule has 2 aromatic heterocycles. The first-order chi connectivity index (χ1) is 15.8. The molecule has 1 saturated heterocycles. The van der Waals surface area contributed by atoms with Crippen LogP contribution in [0.25, 0.3) is 11.2 Å². The van der Waals surface area contributed by atoms with Crippen molar-refractivity contribution in [3.8, 4) is 11.5 Å². The van der Waals surface area contributed by atoms with Crippen molar-refractivity contribution in [2.75, 3.05) is 43.2 Å². The van der Waals surface area contributed by atoms with E-state index in [4.69, 9.17) is 19.4 Å². The summed E-state index contributed by atoms with van der Waals surface area (Å²) in [5.74, 6) is 3.09. The number of fused-ring (bicyclic) bond motifs is 2. The maximum Gasteiger partial charge on any atom is 0.231 e. The fourth-order valence-corrected chi connectivity index (χ4v) is 4.12. The summed E-state index contributed by atoms with van der Waals surface area (Å²) >= 11 is 0. The van der Waals surface area contributed by atoms with Gasteiger partial charge in [0.1, 0.15) is 5.52 Å². The molecule has 0 radical (unpaired) electrons. The number of aromatic nitrogens is 4. The van der Waals surface area contributed by atoms with Gasteiger partial charge in [0.05, 0.1) is 6.33 Å². The topological polar surface area (TPSA) is 91.4 Å². The molecule has 9 heteroatoms. The number of hydrogen-bond acceptors (Lipinski definition) is 8. The Bertz CT molecular complexity index is 1240. The third kappa shape index (κ3) is 3.67. The molecule has 2 N–H and O–H groups in total. The minimum Gasteiger partial charge on any atom is -0.454 e. The molecular formula is C23H23N7O2. The zero-order chi connectivity index (χ0) is 21.3. The van der Waals surface area contributed by atoms with Gasteiger partial charge in [0, 0.05) is 38.4 Å². The molecule has 32 heavy (non-hydrogen) atoms. The second kappa shape index (κ2) is 8.01. The number of anilines is 3. The third-order valence-corrected chi connectivity index (χ3v) is 5.81. The van der Waals surface area contributed by atoms with E-state index in [2.05, 4.69) is 37.2 Å². The second-order valence-corrected chi connectivity index (χ2v) is 7.92. The molecule has 0 bridgehead atoms. The van der Waals surface area contributed by atoms with E-state index < -0.39 is 0 Å². The van der Waals surface area contributed by atoms with Crippen LogP contribution in [0.5, 0.6) is 11.5 Å². The molecule has 6 rings (SSSR count). The first kappa shape index (κ1) is 18.9. The van der Waals surface area contributed by atoms with Crippen molar-refractivity contribution in [2.24, 2.45) is 0 Å². The van der Waals surface area contributed by atoms with Gasteiger partial charge in [-0.25, -0.2) is 4.98 Å². The number of hydrogen-bond donors (Lipinski definition) is 2. The molecule has 0 saturated carbocycles. The SMILES string of the molecule is c1ccc(Nc2nc(N3CCN(Cc4ccc5c(c4)OCO5)CC3)nc3nc[nH]c23)cc1. The highest BCUT2D eigenvalue weighted by Crippen LogP contribution is 2.33. The molecule has 0 spiro atoms. The predicted molar refractivity (Wildman–Crippen MR) is 121 cm³/mol. The lowest BCUT2D eigenvalue weighted by atomic mass is 10.1. The molecule has 4 aromatic rings. The smallest absolute Gasteiger partial charge is 0.231 e. The quantitative estimate of drug-likeness (QED) is 0.500. The van der Waals surface area contributed by atoms with Gasteiger partial charge in [-0.05, 0) is 29.8 Å². The molecule has 2 aromatic carbocycles. The number of aromatic amines is 1. The van der Waals surface area contributed by atoms with E-state index in [9.17, 15) is 0 Å². The monoisotopic (exact) mass is 429 g/mol. The molecule has 2 aliphatic rings. The molecule has 4 heterocycles. The van der Waals surface area contributed by atoms with E-state index in [0.717, 1.165) is 61.2 Å². The number of para-hydroxylation sites is 1. The average molecular weight is 429 g/mol. The predicted octanol–water partition coefficient (Wildman–Crippen LogP) is 3.15. The Balaban J connectivity index is 1.16. The Morgan fingerprint density at radius 1 is 0.938 bits per heavy atom. The second-order valence-electron chi connectivity index (χ2n) is 7.92. The van der Waals surface area contributed by atoms with Crippen LogP contribution in [0.1, 0.15) is 5.56 Å². The average Bonchev–Trinajstić information content (AvgIpc) is 3.49. The number of imidazole rings is 1. The summed E-state index contributed by atoms with van der Waals surface area (Å²) < 4.78 is 10.9. The third-order valence-electron chi connectivity index (χ3n) is 5.81. The van der Waals surface area contributed by atoms with Crippen molar-refractivity contribution in [1.29, 1.82) is 0 Å². The van der Waals surface area contributed by atoms with E-state index in [-0.39, 0.29) is 0 Å². The van der Waals surface area contributed by atoms with Gasteiger partial charge in [-0.2, -0.15) is 9.97 Å². The zero-order valence-electron chi connectivity index (χ0n) is 17.5. The van der Waals surface area contributed by atoms with Crippen LogP contribution < -0.4 is 19.7 Å². The maximum atomic E-state index is 5.51. The lowest BCUT2D eigenvalue weighted by Crippen LogP contribution is -2.46. The van der Waals surface area contributed by atoms with Crippen molar-refractivity contribution in [1.82, 2.24) is 24.8 Å². The van der Waals surface area contributed by atoms with E-state index in [1.165, 1.54) is 5.56 Å².